The molecule has 1 aromatic heterocycles. The number of rotatable bonds is 6. The van der Waals surface area contributed by atoms with Crippen molar-refractivity contribution < 1.29 is 24.9 Å². The van der Waals surface area contributed by atoms with Crippen LogP contribution in [0.4, 0.5) is 0 Å². The molecule has 90 valence electrons. The van der Waals surface area contributed by atoms with Crippen LogP contribution in [0.15, 0.2) is 6.07 Å². The number of carboxylic acids is 1. The van der Waals surface area contributed by atoms with Crippen LogP contribution >= 0.6 is 11.3 Å². The van der Waals surface area contributed by atoms with Gasteiger partial charge in [-0.1, -0.05) is 6.92 Å². The molecule has 0 bridgehead atoms. The normalized spacial score (nSPS) is 12.4. The first-order valence-electron chi connectivity index (χ1n) is 4.86. The van der Waals surface area contributed by atoms with Crippen LogP contribution in [0, 0.1) is 0 Å². The number of hydrogen-bond acceptors (Lipinski definition) is 5. The molecule has 0 amide bonds. The zero-order valence-corrected chi connectivity index (χ0v) is 9.66. The van der Waals surface area contributed by atoms with E-state index >= 15 is 0 Å². The van der Waals surface area contributed by atoms with Crippen LogP contribution in [-0.4, -0.2) is 40.6 Å². The quantitative estimate of drug-likeness (QED) is 0.689. The number of aliphatic hydroxyl groups is 2. The van der Waals surface area contributed by atoms with E-state index in [9.17, 15) is 4.79 Å². The smallest absolute Gasteiger partial charge is 0.349 e. The summed E-state index contributed by atoms with van der Waals surface area (Å²) < 4.78 is 5.15. The molecule has 0 aromatic carbocycles. The second kappa shape index (κ2) is 5.83. The number of hydrogen-bond donors (Lipinski definition) is 3. The SMILES string of the molecule is CCc1cc(OCC(O)CO)c(C(=O)O)s1. The van der Waals surface area contributed by atoms with E-state index in [1.165, 1.54) is 0 Å². The second-order valence-electron chi connectivity index (χ2n) is 3.21. The van der Waals surface area contributed by atoms with Crippen molar-refractivity contribution in [3.8, 4) is 5.75 Å². The number of carboxylic acid groups (broad SMARTS) is 1. The minimum atomic E-state index is -1.04. The fourth-order valence-corrected chi connectivity index (χ4v) is 1.97. The number of aliphatic hydroxyl groups excluding tert-OH is 2. The Bertz CT molecular complexity index is 360. The molecule has 0 fully saturated rings. The van der Waals surface area contributed by atoms with Gasteiger partial charge in [-0.3, -0.25) is 0 Å². The molecule has 16 heavy (non-hydrogen) atoms. The molecule has 0 aliphatic carbocycles. The predicted octanol–water partition coefficient (Wildman–Crippen LogP) is 0.741. The van der Waals surface area contributed by atoms with Gasteiger partial charge in [-0.2, -0.15) is 0 Å². The van der Waals surface area contributed by atoms with Crippen molar-refractivity contribution in [1.29, 1.82) is 0 Å². The van der Waals surface area contributed by atoms with Crippen LogP contribution in [0.1, 0.15) is 21.5 Å². The highest BCUT2D eigenvalue weighted by Crippen LogP contribution is 2.29. The Balaban J connectivity index is 2.77. The highest BCUT2D eigenvalue weighted by Gasteiger charge is 2.17. The fraction of sp³-hybridized carbons (Fsp3) is 0.500. The third kappa shape index (κ3) is 3.19. The average Bonchev–Trinajstić information content (AvgIpc) is 2.69. The summed E-state index contributed by atoms with van der Waals surface area (Å²) in [5.41, 5.74) is 0. The lowest BCUT2D eigenvalue weighted by molar-refractivity contribution is 0.0522. The van der Waals surface area contributed by atoms with Crippen molar-refractivity contribution in [2.24, 2.45) is 0 Å². The summed E-state index contributed by atoms with van der Waals surface area (Å²) in [7, 11) is 0. The highest BCUT2D eigenvalue weighted by atomic mass is 32.1. The average molecular weight is 246 g/mol. The largest absolute Gasteiger partial charge is 0.489 e. The lowest BCUT2D eigenvalue weighted by Gasteiger charge is -2.08. The summed E-state index contributed by atoms with van der Waals surface area (Å²) in [5, 5.41) is 26.6. The van der Waals surface area contributed by atoms with Crippen molar-refractivity contribution in [3.63, 3.8) is 0 Å². The van der Waals surface area contributed by atoms with Gasteiger partial charge in [-0.15, -0.1) is 11.3 Å². The van der Waals surface area contributed by atoms with E-state index in [0.717, 1.165) is 22.6 Å². The number of ether oxygens (including phenoxy) is 1. The summed E-state index contributed by atoms with van der Waals surface area (Å²) in [6.45, 7) is 1.40. The van der Waals surface area contributed by atoms with Gasteiger partial charge in [0.05, 0.1) is 6.61 Å². The van der Waals surface area contributed by atoms with Crippen molar-refractivity contribution in [2.45, 2.75) is 19.4 Å². The van der Waals surface area contributed by atoms with Crippen LogP contribution in [0.25, 0.3) is 0 Å². The molecule has 3 N–H and O–H groups in total. The van der Waals surface area contributed by atoms with Gasteiger partial charge < -0.3 is 20.1 Å². The molecule has 1 heterocycles. The van der Waals surface area contributed by atoms with Crippen LogP contribution in [0.3, 0.4) is 0 Å². The first kappa shape index (κ1) is 13.0. The maximum Gasteiger partial charge on any atom is 0.349 e. The molecule has 0 aliphatic heterocycles. The first-order chi connectivity index (χ1) is 7.58. The molecule has 5 nitrogen and oxygen atoms in total. The Morgan fingerprint density at radius 2 is 2.31 bits per heavy atom. The van der Waals surface area contributed by atoms with Gasteiger partial charge in [0.2, 0.25) is 0 Å². The number of carbonyl (C=O) groups is 1. The Morgan fingerprint density at radius 1 is 1.62 bits per heavy atom. The third-order valence-electron chi connectivity index (χ3n) is 1.93. The van der Waals surface area contributed by atoms with Gasteiger partial charge in [0.25, 0.3) is 0 Å². The van der Waals surface area contributed by atoms with Crippen LogP contribution in [-0.2, 0) is 6.42 Å². The van der Waals surface area contributed by atoms with E-state index in [-0.39, 0.29) is 17.2 Å². The Morgan fingerprint density at radius 3 is 2.81 bits per heavy atom. The third-order valence-corrected chi connectivity index (χ3v) is 3.18. The standard InChI is InChI=1S/C10H14O5S/c1-2-7-3-8(9(16-7)10(13)14)15-5-6(12)4-11/h3,6,11-12H,2,4-5H2,1H3,(H,13,14). The monoisotopic (exact) mass is 246 g/mol. The first-order valence-corrected chi connectivity index (χ1v) is 5.67. The molecule has 0 radical (unpaired) electrons. The number of aromatic carboxylic acids is 1. The lowest BCUT2D eigenvalue weighted by atomic mass is 10.3. The molecule has 0 aliphatic rings. The van der Waals surface area contributed by atoms with Crippen molar-refractivity contribution >= 4 is 17.3 Å². The minimum Gasteiger partial charge on any atom is -0.489 e. The molecule has 6 heteroatoms. The van der Waals surface area contributed by atoms with Gasteiger partial charge >= 0.3 is 5.97 Å². The van der Waals surface area contributed by atoms with E-state index in [2.05, 4.69) is 0 Å². The number of aryl methyl sites for hydroxylation is 1. The van der Waals surface area contributed by atoms with Gasteiger partial charge in [0, 0.05) is 4.88 Å². The molecule has 1 rings (SSSR count). The second-order valence-corrected chi connectivity index (χ2v) is 4.35. The van der Waals surface area contributed by atoms with E-state index in [4.69, 9.17) is 20.1 Å². The zero-order chi connectivity index (χ0) is 12.1. The summed E-state index contributed by atoms with van der Waals surface area (Å²) in [6, 6.07) is 1.65. The topological polar surface area (TPSA) is 87.0 Å². The van der Waals surface area contributed by atoms with Crippen molar-refractivity contribution in [1.82, 2.24) is 0 Å². The van der Waals surface area contributed by atoms with Gasteiger partial charge in [-0.25, -0.2) is 4.79 Å². The summed E-state index contributed by atoms with van der Waals surface area (Å²) in [5.74, 6) is -0.792. The highest BCUT2D eigenvalue weighted by molar-refractivity contribution is 7.14. The van der Waals surface area contributed by atoms with Gasteiger partial charge in [0.15, 0.2) is 4.88 Å². The minimum absolute atomic E-state index is 0.114. The van der Waals surface area contributed by atoms with Crippen LogP contribution in [0.2, 0.25) is 0 Å². The maximum absolute atomic E-state index is 10.9. The number of thiophene rings is 1. The molecule has 0 spiro atoms. The Hall–Kier alpha value is -1.11. The molecule has 0 saturated carbocycles. The predicted molar refractivity (Wildman–Crippen MR) is 59.2 cm³/mol. The van der Waals surface area contributed by atoms with Crippen LogP contribution < -0.4 is 4.74 Å². The Labute approximate surface area is 96.9 Å². The van der Waals surface area contributed by atoms with Crippen molar-refractivity contribution in [3.05, 3.63) is 15.8 Å². The molecular weight excluding hydrogens is 232 g/mol. The van der Waals surface area contributed by atoms with E-state index < -0.39 is 18.7 Å². The molecule has 1 aromatic rings. The summed E-state index contributed by atoms with van der Waals surface area (Å²) in [4.78, 5) is 11.9. The van der Waals surface area contributed by atoms with Crippen molar-refractivity contribution in [2.75, 3.05) is 13.2 Å². The van der Waals surface area contributed by atoms with Gasteiger partial charge in [0.1, 0.15) is 18.5 Å². The summed E-state index contributed by atoms with van der Waals surface area (Å²) >= 11 is 1.16. The fourth-order valence-electron chi connectivity index (χ4n) is 1.09. The molecular formula is C10H14O5S. The maximum atomic E-state index is 10.9. The Kier molecular flexibility index (Phi) is 4.72. The van der Waals surface area contributed by atoms with Gasteiger partial charge in [-0.05, 0) is 12.5 Å². The van der Waals surface area contributed by atoms with E-state index in [1.807, 2.05) is 6.92 Å². The molecule has 0 saturated heterocycles. The van der Waals surface area contributed by atoms with Crippen LogP contribution in [0.5, 0.6) is 5.75 Å². The summed E-state index contributed by atoms with van der Waals surface area (Å²) in [6.07, 6.45) is -0.261. The van der Waals surface area contributed by atoms with E-state index in [0.29, 0.717) is 0 Å². The molecule has 1 unspecified atom stereocenters. The van der Waals surface area contributed by atoms with E-state index in [1.54, 1.807) is 6.07 Å². The lowest BCUT2D eigenvalue weighted by Crippen LogP contribution is -2.21. The zero-order valence-electron chi connectivity index (χ0n) is 8.84. The molecule has 1 atom stereocenters.